The van der Waals surface area contributed by atoms with Gasteiger partial charge in [0.15, 0.2) is 0 Å². The predicted octanol–water partition coefficient (Wildman–Crippen LogP) is 1.61. The molecule has 0 atom stereocenters. The number of aryl methyl sites for hydroxylation is 1. The van der Waals surface area contributed by atoms with Crippen LogP contribution in [-0.4, -0.2) is 43.9 Å². The highest BCUT2D eigenvalue weighted by Crippen LogP contribution is 2.26. The van der Waals surface area contributed by atoms with Crippen LogP contribution in [0.1, 0.15) is 30.1 Å². The van der Waals surface area contributed by atoms with Gasteiger partial charge in [0, 0.05) is 32.6 Å². The number of hydrogen-bond donors (Lipinski definition) is 2. The van der Waals surface area contributed by atoms with Crippen LogP contribution in [0.5, 0.6) is 5.75 Å². The lowest BCUT2D eigenvalue weighted by atomic mass is 9.96. The van der Waals surface area contributed by atoms with E-state index in [0.29, 0.717) is 25.6 Å². The first-order valence-electron chi connectivity index (χ1n) is 7.78. The molecule has 2 aromatic rings. The standard InChI is InChI=1S/C16H21N5O2/c1-20-11-18-19-15(20)13-5-7-21(8-6-13)16(23)17-10-12-3-2-4-14(22)9-12/h2-4,9,11,13,22H,5-8,10H2,1H3,(H,17,23). The van der Waals surface area contributed by atoms with E-state index in [2.05, 4.69) is 15.5 Å². The Labute approximate surface area is 134 Å². The topological polar surface area (TPSA) is 83.3 Å². The van der Waals surface area contributed by atoms with E-state index < -0.39 is 0 Å². The number of nitrogens with zero attached hydrogens (tertiary/aromatic N) is 4. The summed E-state index contributed by atoms with van der Waals surface area (Å²) in [6.45, 7) is 1.84. The van der Waals surface area contributed by atoms with Gasteiger partial charge < -0.3 is 19.9 Å². The first-order chi connectivity index (χ1) is 11.1. The van der Waals surface area contributed by atoms with Gasteiger partial charge in [0.25, 0.3) is 0 Å². The normalized spacial score (nSPS) is 15.6. The van der Waals surface area contributed by atoms with Gasteiger partial charge in [0.1, 0.15) is 17.9 Å². The molecule has 0 saturated carbocycles. The Kier molecular flexibility index (Phi) is 4.45. The number of piperidine rings is 1. The molecule has 0 radical (unpaired) electrons. The van der Waals surface area contributed by atoms with E-state index in [1.807, 2.05) is 22.6 Å². The summed E-state index contributed by atoms with van der Waals surface area (Å²) in [5.74, 6) is 1.56. The van der Waals surface area contributed by atoms with Gasteiger partial charge in [-0.05, 0) is 30.5 Å². The van der Waals surface area contributed by atoms with Gasteiger partial charge in [-0.25, -0.2) is 4.79 Å². The number of aromatic nitrogens is 3. The van der Waals surface area contributed by atoms with Gasteiger partial charge in [-0.2, -0.15) is 0 Å². The van der Waals surface area contributed by atoms with Crippen LogP contribution >= 0.6 is 0 Å². The minimum absolute atomic E-state index is 0.0650. The molecule has 7 heteroatoms. The number of aromatic hydroxyl groups is 1. The van der Waals surface area contributed by atoms with Crippen molar-refractivity contribution in [2.45, 2.75) is 25.3 Å². The van der Waals surface area contributed by atoms with Gasteiger partial charge in [-0.1, -0.05) is 12.1 Å². The molecule has 1 aliphatic heterocycles. The zero-order valence-electron chi connectivity index (χ0n) is 13.1. The maximum Gasteiger partial charge on any atom is 0.317 e. The second kappa shape index (κ2) is 6.68. The summed E-state index contributed by atoms with van der Waals surface area (Å²) < 4.78 is 1.95. The highest BCUT2D eigenvalue weighted by Gasteiger charge is 2.26. The Hall–Kier alpha value is -2.57. The number of urea groups is 1. The summed E-state index contributed by atoms with van der Waals surface area (Å²) in [7, 11) is 1.95. The lowest BCUT2D eigenvalue weighted by Crippen LogP contribution is -2.44. The predicted molar refractivity (Wildman–Crippen MR) is 84.9 cm³/mol. The van der Waals surface area contributed by atoms with Crippen LogP contribution in [0.2, 0.25) is 0 Å². The Bertz CT molecular complexity index is 677. The minimum atomic E-state index is -0.0650. The van der Waals surface area contributed by atoms with Gasteiger partial charge in [0.2, 0.25) is 0 Å². The number of likely N-dealkylation sites (tertiary alicyclic amines) is 1. The molecule has 3 rings (SSSR count). The van der Waals surface area contributed by atoms with Crippen molar-refractivity contribution in [3.05, 3.63) is 42.0 Å². The summed E-state index contributed by atoms with van der Waals surface area (Å²) in [5, 5.41) is 20.4. The van der Waals surface area contributed by atoms with E-state index in [4.69, 9.17) is 0 Å². The van der Waals surface area contributed by atoms with E-state index in [-0.39, 0.29) is 11.8 Å². The van der Waals surface area contributed by atoms with Crippen LogP contribution in [0.25, 0.3) is 0 Å². The third-order valence-electron chi connectivity index (χ3n) is 4.25. The second-order valence-electron chi connectivity index (χ2n) is 5.89. The largest absolute Gasteiger partial charge is 0.508 e. The Morgan fingerprint density at radius 3 is 2.83 bits per heavy atom. The number of hydrogen-bond acceptors (Lipinski definition) is 4. The maximum atomic E-state index is 12.2. The zero-order valence-corrected chi connectivity index (χ0v) is 13.1. The highest BCUT2D eigenvalue weighted by molar-refractivity contribution is 5.74. The highest BCUT2D eigenvalue weighted by atomic mass is 16.3. The number of nitrogens with one attached hydrogen (secondary N) is 1. The van der Waals surface area contributed by atoms with Gasteiger partial charge in [-0.3, -0.25) is 0 Å². The average molecular weight is 315 g/mol. The van der Waals surface area contributed by atoms with Gasteiger partial charge in [-0.15, -0.1) is 10.2 Å². The minimum Gasteiger partial charge on any atom is -0.508 e. The van der Waals surface area contributed by atoms with E-state index >= 15 is 0 Å². The molecule has 0 aliphatic carbocycles. The van der Waals surface area contributed by atoms with Crippen molar-refractivity contribution in [1.29, 1.82) is 0 Å². The van der Waals surface area contributed by atoms with E-state index in [1.165, 1.54) is 0 Å². The van der Waals surface area contributed by atoms with Crippen molar-refractivity contribution in [3.8, 4) is 5.75 Å². The fourth-order valence-corrected chi connectivity index (χ4v) is 2.96. The van der Waals surface area contributed by atoms with Crippen molar-refractivity contribution in [2.24, 2.45) is 7.05 Å². The molecule has 1 aromatic heterocycles. The average Bonchev–Trinajstić information content (AvgIpc) is 2.99. The zero-order chi connectivity index (χ0) is 16.2. The quantitative estimate of drug-likeness (QED) is 0.901. The van der Waals surface area contributed by atoms with Crippen LogP contribution in [0.15, 0.2) is 30.6 Å². The number of phenolic OH excluding ortho intramolecular Hbond substituents is 1. The number of amides is 2. The van der Waals surface area contributed by atoms with Crippen molar-refractivity contribution in [1.82, 2.24) is 25.0 Å². The first kappa shape index (κ1) is 15.3. The van der Waals surface area contributed by atoms with Crippen LogP contribution in [0.3, 0.4) is 0 Å². The summed E-state index contributed by atoms with van der Waals surface area (Å²) in [5.41, 5.74) is 0.882. The number of carbonyl (C=O) groups is 1. The smallest absolute Gasteiger partial charge is 0.317 e. The maximum absolute atomic E-state index is 12.2. The number of phenols is 1. The molecule has 7 nitrogen and oxygen atoms in total. The van der Waals surface area contributed by atoms with Gasteiger partial charge in [0.05, 0.1) is 0 Å². The molecule has 1 fully saturated rings. The molecule has 2 amide bonds. The van der Waals surface area contributed by atoms with Crippen LogP contribution in [-0.2, 0) is 13.6 Å². The molecule has 2 N–H and O–H groups in total. The van der Waals surface area contributed by atoms with Crippen LogP contribution in [0, 0.1) is 0 Å². The lowest BCUT2D eigenvalue weighted by molar-refractivity contribution is 0.179. The summed E-state index contributed by atoms with van der Waals surface area (Å²) in [6.07, 6.45) is 3.50. The number of carbonyl (C=O) groups excluding carboxylic acids is 1. The third kappa shape index (κ3) is 3.61. The molecule has 23 heavy (non-hydrogen) atoms. The molecular formula is C16H21N5O2. The van der Waals surface area contributed by atoms with Gasteiger partial charge >= 0.3 is 6.03 Å². The molecule has 0 spiro atoms. The monoisotopic (exact) mass is 315 g/mol. The third-order valence-corrected chi connectivity index (χ3v) is 4.25. The Balaban J connectivity index is 1.49. The molecule has 0 unspecified atom stereocenters. The molecule has 2 heterocycles. The van der Waals surface area contributed by atoms with E-state index in [0.717, 1.165) is 24.2 Å². The Morgan fingerprint density at radius 2 is 2.17 bits per heavy atom. The molecule has 1 saturated heterocycles. The van der Waals surface area contributed by atoms with Crippen LogP contribution in [0.4, 0.5) is 4.79 Å². The van der Waals surface area contributed by atoms with Crippen molar-refractivity contribution < 1.29 is 9.90 Å². The first-order valence-corrected chi connectivity index (χ1v) is 7.78. The summed E-state index contributed by atoms with van der Waals surface area (Å²) in [4.78, 5) is 14.1. The SMILES string of the molecule is Cn1cnnc1C1CCN(C(=O)NCc2cccc(O)c2)CC1. The molecule has 122 valence electrons. The van der Waals surface area contributed by atoms with E-state index in [1.54, 1.807) is 24.5 Å². The Morgan fingerprint density at radius 1 is 1.39 bits per heavy atom. The summed E-state index contributed by atoms with van der Waals surface area (Å²) in [6, 6.07) is 6.84. The molecule has 0 bridgehead atoms. The molecular weight excluding hydrogens is 294 g/mol. The lowest BCUT2D eigenvalue weighted by Gasteiger charge is -2.31. The van der Waals surface area contributed by atoms with Crippen molar-refractivity contribution in [3.63, 3.8) is 0 Å². The van der Waals surface area contributed by atoms with Crippen molar-refractivity contribution in [2.75, 3.05) is 13.1 Å². The van der Waals surface area contributed by atoms with E-state index in [9.17, 15) is 9.90 Å². The molecule has 1 aliphatic rings. The number of rotatable bonds is 3. The molecule has 1 aromatic carbocycles. The fourth-order valence-electron chi connectivity index (χ4n) is 2.96. The summed E-state index contributed by atoms with van der Waals surface area (Å²) >= 11 is 0. The van der Waals surface area contributed by atoms with Crippen LogP contribution < -0.4 is 5.32 Å². The fraction of sp³-hybridized carbons (Fsp3) is 0.438. The van der Waals surface area contributed by atoms with Crippen molar-refractivity contribution >= 4 is 6.03 Å². The second-order valence-corrected chi connectivity index (χ2v) is 5.89. The number of benzene rings is 1.